The molecule has 98 valence electrons. The first-order valence-corrected chi connectivity index (χ1v) is 7.15. The normalized spacial score (nSPS) is 11.6. The number of rotatable bonds is 12. The molecule has 0 N–H and O–H groups in total. The molecule has 0 aromatic carbocycles. The summed E-state index contributed by atoms with van der Waals surface area (Å²) in [6.45, 7) is 2.23. The molecule has 1 heteroatoms. The zero-order chi connectivity index (χ0) is 12.6. The molecule has 0 aliphatic carbocycles. The summed E-state index contributed by atoms with van der Waals surface area (Å²) < 4.78 is 0. The molecule has 0 amide bonds. The Morgan fingerprint density at radius 1 is 0.647 bits per heavy atom. The molecular weight excluding hydrogens is 208 g/mol. The van der Waals surface area contributed by atoms with Crippen LogP contribution in [0, 0.1) is 0 Å². The van der Waals surface area contributed by atoms with Crippen LogP contribution in [0.1, 0.15) is 71.1 Å². The van der Waals surface area contributed by atoms with E-state index < -0.39 is 0 Å². The molecule has 0 rings (SSSR count). The number of allylic oxidation sites excluding steroid dienone is 4. The van der Waals surface area contributed by atoms with Gasteiger partial charge in [-0.25, -0.2) is 0 Å². The third kappa shape index (κ3) is 15.1. The maximum Gasteiger partial charge on any atom is 0.119 e. The highest BCUT2D eigenvalue weighted by molar-refractivity contribution is 5.48. The van der Waals surface area contributed by atoms with Crippen molar-refractivity contribution in [3.8, 4) is 0 Å². The molecule has 0 aliphatic rings. The molecule has 0 bridgehead atoms. The summed E-state index contributed by atoms with van der Waals surface area (Å²) in [5.74, 6) is 0. The lowest BCUT2D eigenvalue weighted by atomic mass is 10.1. The first-order chi connectivity index (χ1) is 8.41. The molecule has 0 atom stereocenters. The minimum absolute atomic E-state index is 0.719. The van der Waals surface area contributed by atoms with Gasteiger partial charge in [0, 0.05) is 6.42 Å². The van der Waals surface area contributed by atoms with Gasteiger partial charge in [-0.15, -0.1) is 0 Å². The zero-order valence-electron chi connectivity index (χ0n) is 11.4. The van der Waals surface area contributed by atoms with Crippen molar-refractivity contribution < 1.29 is 4.79 Å². The van der Waals surface area contributed by atoms with Gasteiger partial charge in [-0.1, -0.05) is 44.1 Å². The highest BCUT2D eigenvalue weighted by atomic mass is 16.1. The second-order valence-electron chi connectivity index (χ2n) is 4.47. The van der Waals surface area contributed by atoms with Crippen LogP contribution in [0.15, 0.2) is 24.3 Å². The molecule has 0 aromatic rings. The van der Waals surface area contributed by atoms with E-state index >= 15 is 0 Å². The van der Waals surface area contributed by atoms with Crippen LogP contribution in [0.25, 0.3) is 0 Å². The molecule has 0 fully saturated rings. The molecule has 0 aromatic heterocycles. The largest absolute Gasteiger partial charge is 0.303 e. The third-order valence-electron chi connectivity index (χ3n) is 2.74. The van der Waals surface area contributed by atoms with E-state index in [1.807, 2.05) is 0 Å². The summed E-state index contributed by atoms with van der Waals surface area (Å²) in [7, 11) is 0. The van der Waals surface area contributed by atoms with Crippen LogP contribution in [-0.4, -0.2) is 6.29 Å². The third-order valence-corrected chi connectivity index (χ3v) is 2.74. The van der Waals surface area contributed by atoms with E-state index in [0.717, 1.165) is 32.0 Å². The Labute approximate surface area is 107 Å². The van der Waals surface area contributed by atoms with Crippen LogP contribution in [0.4, 0.5) is 0 Å². The Bertz CT molecular complexity index is 204. The van der Waals surface area contributed by atoms with Gasteiger partial charge < -0.3 is 4.79 Å². The Hall–Kier alpha value is -0.850. The van der Waals surface area contributed by atoms with E-state index in [1.165, 1.54) is 38.5 Å². The number of unbranched alkanes of at least 4 members (excludes halogenated alkanes) is 7. The molecule has 0 spiro atoms. The number of aldehydes is 1. The Morgan fingerprint density at radius 3 is 1.65 bits per heavy atom. The van der Waals surface area contributed by atoms with E-state index in [1.54, 1.807) is 0 Å². The molecule has 0 saturated heterocycles. The van der Waals surface area contributed by atoms with Crippen molar-refractivity contribution in [1.29, 1.82) is 0 Å². The fourth-order valence-electron chi connectivity index (χ4n) is 1.64. The van der Waals surface area contributed by atoms with Gasteiger partial charge in [-0.2, -0.15) is 0 Å². The monoisotopic (exact) mass is 236 g/mol. The smallest absolute Gasteiger partial charge is 0.119 e. The van der Waals surface area contributed by atoms with E-state index in [9.17, 15) is 4.79 Å². The minimum Gasteiger partial charge on any atom is -0.303 e. The van der Waals surface area contributed by atoms with Gasteiger partial charge in [0.25, 0.3) is 0 Å². The predicted octanol–water partition coefficient (Wildman–Crippen LogP) is 5.22. The molecule has 0 heterocycles. The summed E-state index contributed by atoms with van der Waals surface area (Å²) in [6, 6.07) is 0. The van der Waals surface area contributed by atoms with Gasteiger partial charge in [0.15, 0.2) is 0 Å². The molecule has 0 aliphatic heterocycles. The average Bonchev–Trinajstić information content (AvgIpc) is 2.35. The average molecular weight is 236 g/mol. The quantitative estimate of drug-likeness (QED) is 0.258. The summed E-state index contributed by atoms with van der Waals surface area (Å²) in [6.07, 6.45) is 21.7. The van der Waals surface area contributed by atoms with Crippen LogP contribution in [0.3, 0.4) is 0 Å². The van der Waals surface area contributed by atoms with E-state index in [2.05, 4.69) is 31.2 Å². The molecular formula is C16H28O. The van der Waals surface area contributed by atoms with E-state index in [4.69, 9.17) is 0 Å². The predicted molar refractivity (Wildman–Crippen MR) is 76.2 cm³/mol. The number of carbonyl (C=O) groups is 1. The van der Waals surface area contributed by atoms with Gasteiger partial charge in [0.1, 0.15) is 6.29 Å². The topological polar surface area (TPSA) is 17.1 Å². The lowest BCUT2D eigenvalue weighted by molar-refractivity contribution is -0.107. The van der Waals surface area contributed by atoms with Gasteiger partial charge in [0.2, 0.25) is 0 Å². The van der Waals surface area contributed by atoms with Crippen LogP contribution in [0.5, 0.6) is 0 Å². The van der Waals surface area contributed by atoms with Crippen LogP contribution < -0.4 is 0 Å². The van der Waals surface area contributed by atoms with Gasteiger partial charge in [-0.05, 0) is 44.9 Å². The molecule has 17 heavy (non-hydrogen) atoms. The fourth-order valence-corrected chi connectivity index (χ4v) is 1.64. The van der Waals surface area contributed by atoms with Gasteiger partial charge in [0.05, 0.1) is 0 Å². The summed E-state index contributed by atoms with van der Waals surface area (Å²) in [5.41, 5.74) is 0. The maximum atomic E-state index is 10.1. The highest BCUT2D eigenvalue weighted by Crippen LogP contribution is 2.03. The maximum absolute atomic E-state index is 10.1. The standard InChI is InChI=1S/C16H28O/c1-2-3-4-5-6-7-8-9-10-11-12-13-14-15-16-17/h5-6,10-11,16H,2-4,7-9,12-15H2,1H3. The Balaban J connectivity index is 3.13. The first kappa shape index (κ1) is 16.1. The molecule has 1 nitrogen and oxygen atoms in total. The first-order valence-electron chi connectivity index (χ1n) is 7.15. The van der Waals surface area contributed by atoms with Gasteiger partial charge >= 0.3 is 0 Å². The van der Waals surface area contributed by atoms with Crippen LogP contribution >= 0.6 is 0 Å². The second kappa shape index (κ2) is 15.1. The summed E-state index contributed by atoms with van der Waals surface area (Å²) >= 11 is 0. The minimum atomic E-state index is 0.719. The fraction of sp³-hybridized carbons (Fsp3) is 0.688. The Morgan fingerprint density at radius 2 is 1.12 bits per heavy atom. The summed E-state index contributed by atoms with van der Waals surface area (Å²) in [4.78, 5) is 10.1. The van der Waals surface area contributed by atoms with Crippen molar-refractivity contribution in [3.05, 3.63) is 24.3 Å². The summed E-state index contributed by atoms with van der Waals surface area (Å²) in [5, 5.41) is 0. The highest BCUT2D eigenvalue weighted by Gasteiger charge is 1.85. The SMILES string of the molecule is CCCCC=CCCCC=CCCCCC=O. The molecule has 0 unspecified atom stereocenters. The van der Waals surface area contributed by atoms with Crippen LogP contribution in [0.2, 0.25) is 0 Å². The van der Waals surface area contributed by atoms with Gasteiger partial charge in [-0.3, -0.25) is 0 Å². The van der Waals surface area contributed by atoms with Crippen molar-refractivity contribution in [2.75, 3.05) is 0 Å². The zero-order valence-corrected chi connectivity index (χ0v) is 11.4. The number of hydrogen-bond acceptors (Lipinski definition) is 1. The van der Waals surface area contributed by atoms with Crippen molar-refractivity contribution in [1.82, 2.24) is 0 Å². The lowest BCUT2D eigenvalue weighted by Crippen LogP contribution is -1.76. The van der Waals surface area contributed by atoms with E-state index in [0.29, 0.717) is 0 Å². The van der Waals surface area contributed by atoms with Crippen LogP contribution in [-0.2, 0) is 4.79 Å². The number of hydrogen-bond donors (Lipinski definition) is 0. The van der Waals surface area contributed by atoms with E-state index in [-0.39, 0.29) is 0 Å². The van der Waals surface area contributed by atoms with Crippen molar-refractivity contribution >= 4 is 6.29 Å². The van der Waals surface area contributed by atoms with Crippen molar-refractivity contribution in [2.24, 2.45) is 0 Å². The second-order valence-corrected chi connectivity index (χ2v) is 4.47. The van der Waals surface area contributed by atoms with Crippen molar-refractivity contribution in [3.63, 3.8) is 0 Å². The lowest BCUT2D eigenvalue weighted by Gasteiger charge is -1.93. The van der Waals surface area contributed by atoms with Crippen molar-refractivity contribution in [2.45, 2.75) is 71.1 Å². The molecule has 0 radical (unpaired) electrons. The Kier molecular flexibility index (Phi) is 14.4. The number of carbonyl (C=O) groups excluding carboxylic acids is 1. The molecule has 0 saturated carbocycles.